The van der Waals surface area contributed by atoms with Crippen molar-refractivity contribution in [3.8, 4) is 0 Å². The molecule has 0 radical (unpaired) electrons. The predicted octanol–water partition coefficient (Wildman–Crippen LogP) is 1.20. The summed E-state index contributed by atoms with van der Waals surface area (Å²) in [6, 6.07) is 9.01. The quantitative estimate of drug-likeness (QED) is 0.455. The number of nitrogens with zero attached hydrogens (tertiary/aromatic N) is 1. The van der Waals surface area contributed by atoms with Gasteiger partial charge in [-0.15, -0.1) is 0 Å². The fraction of sp³-hybridized carbons (Fsp3) is 0.455. The van der Waals surface area contributed by atoms with E-state index in [9.17, 15) is 10.1 Å². The molecule has 16 heavy (non-hydrogen) atoms. The number of hydrogen-bond acceptors (Lipinski definition) is 4. The summed E-state index contributed by atoms with van der Waals surface area (Å²) < 4.78 is 0. The van der Waals surface area contributed by atoms with Gasteiger partial charge in [-0.25, -0.2) is 0 Å². The van der Waals surface area contributed by atoms with E-state index >= 15 is 0 Å². The summed E-state index contributed by atoms with van der Waals surface area (Å²) >= 11 is 0. The van der Waals surface area contributed by atoms with E-state index in [4.69, 9.17) is 11.5 Å². The first-order chi connectivity index (χ1) is 7.26. The van der Waals surface area contributed by atoms with Crippen LogP contribution < -0.4 is 11.5 Å². The van der Waals surface area contributed by atoms with Crippen LogP contribution in [0.4, 0.5) is 0 Å². The molecule has 0 aliphatic rings. The fourth-order valence-electron chi connectivity index (χ4n) is 1.63. The average molecular weight is 223 g/mol. The van der Waals surface area contributed by atoms with Crippen LogP contribution in [-0.4, -0.2) is 10.5 Å². The van der Waals surface area contributed by atoms with E-state index in [0.717, 1.165) is 0 Å². The second-order valence-electron chi connectivity index (χ2n) is 4.65. The fourth-order valence-corrected chi connectivity index (χ4v) is 1.63. The smallest absolute Gasteiger partial charge is 0.220 e. The summed E-state index contributed by atoms with van der Waals surface area (Å²) in [5, 5.41) is 10.8. The van der Waals surface area contributed by atoms with Gasteiger partial charge in [0.1, 0.15) is 0 Å². The van der Waals surface area contributed by atoms with Crippen LogP contribution in [0.25, 0.3) is 0 Å². The van der Waals surface area contributed by atoms with Crippen LogP contribution in [0.3, 0.4) is 0 Å². The molecular formula is C11H17N3O2. The topological polar surface area (TPSA) is 95.2 Å². The van der Waals surface area contributed by atoms with Crippen LogP contribution in [0.2, 0.25) is 0 Å². The summed E-state index contributed by atoms with van der Waals surface area (Å²) in [7, 11) is 0. The van der Waals surface area contributed by atoms with Crippen molar-refractivity contribution in [2.75, 3.05) is 0 Å². The first-order valence-electron chi connectivity index (χ1n) is 5.03. The van der Waals surface area contributed by atoms with Crippen LogP contribution in [0.1, 0.15) is 25.8 Å². The van der Waals surface area contributed by atoms with Crippen molar-refractivity contribution in [2.45, 2.75) is 31.5 Å². The van der Waals surface area contributed by atoms with Gasteiger partial charge in [0.2, 0.25) is 5.54 Å². The minimum atomic E-state index is -1.18. The largest absolute Gasteiger partial charge is 0.309 e. The standard InChI is InChI=1S/C11H17N3O2/c1-10(2,14(15)16)8-11(12,13)9-6-4-3-5-7-9/h3-7H,8,12-13H2,1-2H3. The summed E-state index contributed by atoms with van der Waals surface area (Å²) in [4.78, 5) is 10.5. The van der Waals surface area contributed by atoms with E-state index in [0.29, 0.717) is 5.56 Å². The average Bonchev–Trinajstić information content (AvgIpc) is 2.17. The molecule has 0 saturated carbocycles. The van der Waals surface area contributed by atoms with Crippen LogP contribution in [-0.2, 0) is 5.66 Å². The van der Waals surface area contributed by atoms with Crippen LogP contribution in [0.5, 0.6) is 0 Å². The van der Waals surface area contributed by atoms with E-state index in [1.807, 2.05) is 18.2 Å². The second-order valence-corrected chi connectivity index (χ2v) is 4.65. The Kier molecular flexibility index (Phi) is 3.30. The summed E-state index contributed by atoms with van der Waals surface area (Å²) in [6.45, 7) is 3.04. The normalized spacial score (nSPS) is 12.5. The minimum Gasteiger partial charge on any atom is -0.309 e. The lowest BCUT2D eigenvalue weighted by Gasteiger charge is -2.29. The van der Waals surface area contributed by atoms with E-state index in [-0.39, 0.29) is 11.3 Å². The van der Waals surface area contributed by atoms with Gasteiger partial charge in [-0.05, 0) is 5.56 Å². The number of nitro groups is 1. The molecule has 1 rings (SSSR count). The van der Waals surface area contributed by atoms with Crippen LogP contribution in [0.15, 0.2) is 30.3 Å². The first-order valence-corrected chi connectivity index (χ1v) is 5.03. The molecule has 1 aromatic carbocycles. The van der Waals surface area contributed by atoms with Crippen molar-refractivity contribution in [3.05, 3.63) is 46.0 Å². The second kappa shape index (κ2) is 4.19. The van der Waals surface area contributed by atoms with Crippen molar-refractivity contribution in [1.29, 1.82) is 0 Å². The Morgan fingerprint density at radius 1 is 1.25 bits per heavy atom. The third-order valence-corrected chi connectivity index (χ3v) is 2.53. The third-order valence-electron chi connectivity index (χ3n) is 2.53. The molecule has 0 fully saturated rings. The maximum Gasteiger partial charge on any atom is 0.220 e. The molecule has 5 nitrogen and oxygen atoms in total. The lowest BCUT2D eigenvalue weighted by atomic mass is 9.87. The molecule has 0 aromatic heterocycles. The number of nitrogens with two attached hydrogens (primary N) is 2. The molecule has 0 aliphatic carbocycles. The summed E-state index contributed by atoms with van der Waals surface area (Å²) in [6.07, 6.45) is 0.0804. The summed E-state index contributed by atoms with van der Waals surface area (Å²) in [5.74, 6) is 0. The molecule has 0 atom stereocenters. The maximum atomic E-state index is 10.8. The number of benzene rings is 1. The van der Waals surface area contributed by atoms with Gasteiger partial charge < -0.3 is 11.5 Å². The Morgan fingerprint density at radius 2 is 1.75 bits per heavy atom. The Hall–Kier alpha value is -1.46. The highest BCUT2D eigenvalue weighted by Crippen LogP contribution is 2.25. The van der Waals surface area contributed by atoms with Gasteiger partial charge >= 0.3 is 0 Å². The minimum absolute atomic E-state index is 0.0804. The van der Waals surface area contributed by atoms with E-state index in [1.165, 1.54) is 13.8 Å². The van der Waals surface area contributed by atoms with Gasteiger partial charge in [-0.3, -0.25) is 10.1 Å². The number of rotatable bonds is 4. The van der Waals surface area contributed by atoms with Gasteiger partial charge in [0.05, 0.1) is 12.1 Å². The van der Waals surface area contributed by atoms with Gasteiger partial charge in [-0.1, -0.05) is 30.3 Å². The molecule has 0 spiro atoms. The number of hydrogen-bond donors (Lipinski definition) is 2. The van der Waals surface area contributed by atoms with Crippen molar-refractivity contribution >= 4 is 0 Å². The molecule has 5 heteroatoms. The third kappa shape index (κ3) is 2.77. The van der Waals surface area contributed by atoms with Crippen LogP contribution in [0, 0.1) is 10.1 Å². The molecule has 0 heterocycles. The van der Waals surface area contributed by atoms with Crippen LogP contribution >= 0.6 is 0 Å². The van der Waals surface area contributed by atoms with Gasteiger partial charge in [-0.2, -0.15) is 0 Å². The molecule has 0 unspecified atom stereocenters. The van der Waals surface area contributed by atoms with Gasteiger partial charge in [0.15, 0.2) is 0 Å². The van der Waals surface area contributed by atoms with Crippen molar-refractivity contribution in [1.82, 2.24) is 0 Å². The molecule has 0 amide bonds. The van der Waals surface area contributed by atoms with E-state index in [2.05, 4.69) is 0 Å². The molecule has 4 N–H and O–H groups in total. The highest BCUT2D eigenvalue weighted by Gasteiger charge is 2.39. The zero-order valence-corrected chi connectivity index (χ0v) is 9.51. The molecular weight excluding hydrogens is 206 g/mol. The zero-order valence-electron chi connectivity index (χ0n) is 9.51. The molecule has 1 aromatic rings. The van der Waals surface area contributed by atoms with Crippen molar-refractivity contribution < 1.29 is 4.92 Å². The monoisotopic (exact) mass is 223 g/mol. The highest BCUT2D eigenvalue weighted by atomic mass is 16.6. The lowest BCUT2D eigenvalue weighted by Crippen LogP contribution is -2.52. The van der Waals surface area contributed by atoms with Crippen molar-refractivity contribution in [3.63, 3.8) is 0 Å². The summed E-state index contributed by atoms with van der Waals surface area (Å²) in [5.41, 5.74) is 10.2. The maximum absolute atomic E-state index is 10.8. The molecule has 0 bridgehead atoms. The van der Waals surface area contributed by atoms with Crippen molar-refractivity contribution in [2.24, 2.45) is 11.5 Å². The first kappa shape index (κ1) is 12.6. The molecule has 88 valence electrons. The lowest BCUT2D eigenvalue weighted by molar-refractivity contribution is -0.563. The van der Waals surface area contributed by atoms with Gasteiger partial charge in [0.25, 0.3) is 0 Å². The van der Waals surface area contributed by atoms with Gasteiger partial charge in [0, 0.05) is 18.8 Å². The highest BCUT2D eigenvalue weighted by molar-refractivity contribution is 5.22. The Morgan fingerprint density at radius 3 is 2.19 bits per heavy atom. The Labute approximate surface area is 94.6 Å². The zero-order chi connectivity index (χ0) is 12.4. The predicted molar refractivity (Wildman–Crippen MR) is 62.2 cm³/mol. The SMILES string of the molecule is CC(C)(CC(N)(N)c1ccccc1)[N+](=O)[O-]. The molecule has 0 saturated heterocycles. The van der Waals surface area contributed by atoms with E-state index in [1.54, 1.807) is 12.1 Å². The molecule has 0 aliphatic heterocycles. The Bertz CT molecular complexity index is 374. The van der Waals surface area contributed by atoms with E-state index < -0.39 is 11.2 Å². The Balaban J connectivity index is 2.92.